The second-order valence-electron chi connectivity index (χ2n) is 5.38. The Morgan fingerprint density at radius 3 is 2.54 bits per heavy atom. The molecular formula is C17H16ClFN2O5. The molecule has 2 rings (SSSR count). The molecule has 0 N–H and O–H groups in total. The summed E-state index contributed by atoms with van der Waals surface area (Å²) in [5.74, 6) is -0.594. The lowest BCUT2D eigenvalue weighted by atomic mass is 10.2. The summed E-state index contributed by atoms with van der Waals surface area (Å²) in [5.41, 5.74) is 0.417. The zero-order valence-corrected chi connectivity index (χ0v) is 14.8. The van der Waals surface area contributed by atoms with Crippen molar-refractivity contribution in [3.05, 3.63) is 62.9 Å². The molecule has 0 bridgehead atoms. The predicted molar refractivity (Wildman–Crippen MR) is 93.0 cm³/mol. The quantitative estimate of drug-likeness (QED) is 0.541. The number of likely N-dealkylation sites (N-methyl/N-ethyl adjacent to an activating group) is 1. The van der Waals surface area contributed by atoms with Crippen LogP contribution in [0.3, 0.4) is 0 Å². The Kier molecular flexibility index (Phi) is 6.35. The van der Waals surface area contributed by atoms with Crippen molar-refractivity contribution >= 4 is 23.2 Å². The summed E-state index contributed by atoms with van der Waals surface area (Å²) in [7, 11) is 2.92. The van der Waals surface area contributed by atoms with Crippen LogP contribution < -0.4 is 9.47 Å². The van der Waals surface area contributed by atoms with Gasteiger partial charge in [-0.2, -0.15) is 0 Å². The van der Waals surface area contributed by atoms with Crippen LogP contribution in [0.25, 0.3) is 0 Å². The maximum atomic E-state index is 13.7. The average molecular weight is 383 g/mol. The first-order chi connectivity index (χ1) is 12.3. The first-order valence-corrected chi connectivity index (χ1v) is 7.82. The van der Waals surface area contributed by atoms with Gasteiger partial charge in [-0.3, -0.25) is 14.9 Å². The molecule has 0 heterocycles. The zero-order valence-electron chi connectivity index (χ0n) is 14.1. The Morgan fingerprint density at radius 1 is 1.27 bits per heavy atom. The summed E-state index contributed by atoms with van der Waals surface area (Å²) in [6.07, 6.45) is 0. The highest BCUT2D eigenvalue weighted by molar-refractivity contribution is 6.32. The summed E-state index contributed by atoms with van der Waals surface area (Å²) in [5, 5.41) is 10.7. The average Bonchev–Trinajstić information content (AvgIpc) is 2.60. The number of nitrogens with zero attached hydrogens (tertiary/aromatic N) is 2. The molecule has 26 heavy (non-hydrogen) atoms. The molecule has 2 aromatic rings. The number of halogens is 2. The number of non-ortho nitro benzene ring substituents is 1. The summed E-state index contributed by atoms with van der Waals surface area (Å²) < 4.78 is 23.8. The van der Waals surface area contributed by atoms with Crippen molar-refractivity contribution in [2.24, 2.45) is 0 Å². The Balaban J connectivity index is 1.95. The molecule has 0 saturated carbocycles. The van der Waals surface area contributed by atoms with Gasteiger partial charge < -0.3 is 14.4 Å². The molecule has 138 valence electrons. The van der Waals surface area contributed by atoms with Crippen LogP contribution >= 0.6 is 11.6 Å². The topological polar surface area (TPSA) is 81.9 Å². The summed E-state index contributed by atoms with van der Waals surface area (Å²) in [4.78, 5) is 23.6. The minimum atomic E-state index is -0.581. The van der Waals surface area contributed by atoms with Gasteiger partial charge in [0.05, 0.1) is 17.1 Å². The molecule has 0 aromatic heterocycles. The highest BCUT2D eigenvalue weighted by atomic mass is 35.5. The van der Waals surface area contributed by atoms with Gasteiger partial charge in [0, 0.05) is 25.7 Å². The van der Waals surface area contributed by atoms with Gasteiger partial charge in [-0.25, -0.2) is 4.39 Å². The second kappa shape index (κ2) is 8.48. The molecule has 0 saturated heterocycles. The first-order valence-electron chi connectivity index (χ1n) is 7.45. The molecule has 0 unspecified atom stereocenters. The van der Waals surface area contributed by atoms with Crippen LogP contribution in [0.15, 0.2) is 36.4 Å². The van der Waals surface area contributed by atoms with Crippen molar-refractivity contribution in [1.29, 1.82) is 0 Å². The lowest BCUT2D eigenvalue weighted by Crippen LogP contribution is -2.31. The van der Waals surface area contributed by atoms with Crippen molar-refractivity contribution in [3.63, 3.8) is 0 Å². The number of hydrogen-bond donors (Lipinski definition) is 0. The van der Waals surface area contributed by atoms with Crippen LogP contribution in [-0.4, -0.2) is 36.5 Å². The highest BCUT2D eigenvalue weighted by Crippen LogP contribution is 2.28. The molecule has 7 nitrogen and oxygen atoms in total. The van der Waals surface area contributed by atoms with Gasteiger partial charge in [0.2, 0.25) is 0 Å². The molecule has 0 fully saturated rings. The lowest BCUT2D eigenvalue weighted by molar-refractivity contribution is -0.384. The first kappa shape index (κ1) is 19.5. The molecule has 2 aromatic carbocycles. The van der Waals surface area contributed by atoms with Crippen molar-refractivity contribution in [3.8, 4) is 11.5 Å². The molecule has 0 aliphatic carbocycles. The van der Waals surface area contributed by atoms with Crippen LogP contribution in [0, 0.1) is 15.9 Å². The van der Waals surface area contributed by atoms with E-state index in [4.69, 9.17) is 21.1 Å². The maximum Gasteiger partial charge on any atom is 0.271 e. The second-order valence-corrected chi connectivity index (χ2v) is 5.79. The fourth-order valence-corrected chi connectivity index (χ4v) is 2.37. The Bertz CT molecular complexity index is 831. The fraction of sp³-hybridized carbons (Fsp3) is 0.235. The van der Waals surface area contributed by atoms with E-state index in [9.17, 15) is 19.3 Å². The summed E-state index contributed by atoms with van der Waals surface area (Å²) in [6.45, 7) is -0.135. The molecule has 0 spiro atoms. The molecule has 0 aliphatic rings. The summed E-state index contributed by atoms with van der Waals surface area (Å²) in [6, 6.07) is 8.12. The number of amides is 1. The van der Waals surface area contributed by atoms with E-state index in [1.54, 1.807) is 13.1 Å². The number of hydrogen-bond acceptors (Lipinski definition) is 5. The third-order valence-corrected chi connectivity index (χ3v) is 3.83. The highest BCUT2D eigenvalue weighted by Gasteiger charge is 2.14. The van der Waals surface area contributed by atoms with Crippen LogP contribution in [0.1, 0.15) is 5.56 Å². The smallest absolute Gasteiger partial charge is 0.271 e. The van der Waals surface area contributed by atoms with E-state index < -0.39 is 10.7 Å². The van der Waals surface area contributed by atoms with E-state index in [-0.39, 0.29) is 41.3 Å². The molecular weight excluding hydrogens is 367 g/mol. The molecule has 0 radical (unpaired) electrons. The number of ether oxygens (including phenoxy) is 2. The summed E-state index contributed by atoms with van der Waals surface area (Å²) >= 11 is 5.90. The van der Waals surface area contributed by atoms with Gasteiger partial charge in [0.15, 0.2) is 18.2 Å². The minimum Gasteiger partial charge on any atom is -0.494 e. The Hall–Kier alpha value is -2.87. The third kappa shape index (κ3) is 4.82. The van der Waals surface area contributed by atoms with Crippen molar-refractivity contribution < 1.29 is 23.6 Å². The standard InChI is InChI=1S/C17H16ClFN2O5/c1-20(9-11-3-5-16(25-2)14(19)7-11)17(22)10-26-15-6-4-12(21(23)24)8-13(15)18/h3-8H,9-10H2,1-2H3. The van der Waals surface area contributed by atoms with Crippen molar-refractivity contribution in [1.82, 2.24) is 4.90 Å². The number of methoxy groups -OCH3 is 1. The maximum absolute atomic E-state index is 13.7. The molecule has 0 aliphatic heterocycles. The van der Waals surface area contributed by atoms with Crippen LogP contribution in [-0.2, 0) is 11.3 Å². The van der Waals surface area contributed by atoms with Crippen molar-refractivity contribution in [2.75, 3.05) is 20.8 Å². The van der Waals surface area contributed by atoms with Gasteiger partial charge in [-0.1, -0.05) is 17.7 Å². The Morgan fingerprint density at radius 2 is 1.96 bits per heavy atom. The molecule has 0 atom stereocenters. The SMILES string of the molecule is COc1ccc(CN(C)C(=O)COc2ccc([N+](=O)[O-])cc2Cl)cc1F. The van der Waals surface area contributed by atoms with E-state index in [2.05, 4.69) is 0 Å². The number of benzene rings is 2. The zero-order chi connectivity index (χ0) is 19.3. The van der Waals surface area contributed by atoms with E-state index in [0.717, 1.165) is 6.07 Å². The van der Waals surface area contributed by atoms with Gasteiger partial charge >= 0.3 is 0 Å². The number of carbonyl (C=O) groups is 1. The number of rotatable bonds is 7. The van der Waals surface area contributed by atoms with Crippen LogP contribution in [0.5, 0.6) is 11.5 Å². The van der Waals surface area contributed by atoms with E-state index >= 15 is 0 Å². The Labute approximate surface area is 154 Å². The number of carbonyl (C=O) groups excluding carboxylic acids is 1. The van der Waals surface area contributed by atoms with Gasteiger partial charge in [-0.15, -0.1) is 0 Å². The number of nitro benzene ring substituents is 1. The van der Waals surface area contributed by atoms with Gasteiger partial charge in [0.25, 0.3) is 11.6 Å². The fourth-order valence-electron chi connectivity index (χ4n) is 2.14. The van der Waals surface area contributed by atoms with E-state index in [1.165, 1.54) is 36.3 Å². The minimum absolute atomic E-state index is 0.0341. The van der Waals surface area contributed by atoms with Gasteiger partial charge in [0.1, 0.15) is 5.75 Å². The van der Waals surface area contributed by atoms with Crippen LogP contribution in [0.2, 0.25) is 5.02 Å². The van der Waals surface area contributed by atoms with Crippen LogP contribution in [0.4, 0.5) is 10.1 Å². The molecule has 9 heteroatoms. The predicted octanol–water partition coefficient (Wildman–Crippen LogP) is 3.43. The monoisotopic (exact) mass is 382 g/mol. The van der Waals surface area contributed by atoms with E-state index in [0.29, 0.717) is 5.56 Å². The lowest BCUT2D eigenvalue weighted by Gasteiger charge is -2.18. The van der Waals surface area contributed by atoms with Crippen molar-refractivity contribution in [2.45, 2.75) is 6.54 Å². The number of nitro groups is 1. The normalized spacial score (nSPS) is 10.3. The third-order valence-electron chi connectivity index (χ3n) is 3.54. The molecule has 1 amide bonds. The largest absolute Gasteiger partial charge is 0.494 e. The van der Waals surface area contributed by atoms with E-state index in [1.807, 2.05) is 0 Å². The van der Waals surface area contributed by atoms with Gasteiger partial charge in [-0.05, 0) is 23.8 Å².